The third-order valence-electron chi connectivity index (χ3n) is 3.01. The minimum Gasteiger partial charge on any atom is -0.258 e. The van der Waals surface area contributed by atoms with Gasteiger partial charge in [0.25, 0.3) is 11.4 Å². The van der Waals surface area contributed by atoms with Crippen LogP contribution in [-0.4, -0.2) is 9.85 Å². The molecule has 7 nitrogen and oxygen atoms in total. The van der Waals surface area contributed by atoms with Crippen molar-refractivity contribution in [2.24, 2.45) is 0 Å². The van der Waals surface area contributed by atoms with Gasteiger partial charge in [-0.1, -0.05) is 4.57 Å². The Kier molecular flexibility index (Phi) is 4.91. The summed E-state index contributed by atoms with van der Waals surface area (Å²) in [6.45, 7) is 0. The highest BCUT2D eigenvalue weighted by Crippen LogP contribution is 2.32. The highest BCUT2D eigenvalue weighted by molar-refractivity contribution is 7.42. The molecule has 0 saturated heterocycles. The molecule has 0 N–H and O–H groups in total. The molecule has 112 valence electrons. The molecule has 2 rings (SSSR count). The summed E-state index contributed by atoms with van der Waals surface area (Å²) in [5.74, 6) is 0. The van der Waals surface area contributed by atoms with Gasteiger partial charge in [0.1, 0.15) is 0 Å². The number of non-ortho nitro benzene ring substituents is 2. The third-order valence-corrected chi connectivity index (χ3v) is 4.45. The van der Waals surface area contributed by atoms with E-state index in [2.05, 4.69) is 0 Å². The fourth-order valence-electron chi connectivity index (χ4n) is 1.91. The maximum atomic E-state index is 12.1. The Morgan fingerprint density at radius 3 is 1.32 bits per heavy atom. The molecule has 0 spiro atoms. The van der Waals surface area contributed by atoms with Gasteiger partial charge in [0.2, 0.25) is 0 Å². The van der Waals surface area contributed by atoms with Crippen molar-refractivity contribution in [1.29, 1.82) is 0 Å². The van der Waals surface area contributed by atoms with Crippen molar-refractivity contribution in [3.05, 3.63) is 79.9 Å². The molecule has 0 saturated carbocycles. The summed E-state index contributed by atoms with van der Waals surface area (Å²) in [5.41, 5.74) is 1.51. The smallest absolute Gasteiger partial charge is 0.258 e. The molecule has 0 atom stereocenters. The maximum Gasteiger partial charge on any atom is 0.348 e. The molecule has 0 amide bonds. The Labute approximate surface area is 126 Å². The summed E-state index contributed by atoms with van der Waals surface area (Å²) < 4.78 is 12.1. The van der Waals surface area contributed by atoms with Crippen molar-refractivity contribution in [3.63, 3.8) is 0 Å². The Balaban J connectivity index is 1.97. The zero-order valence-electron chi connectivity index (χ0n) is 11.4. The molecule has 0 aliphatic carbocycles. The van der Waals surface area contributed by atoms with Gasteiger partial charge in [-0.05, 0) is 24.3 Å². The van der Waals surface area contributed by atoms with Gasteiger partial charge in [-0.2, -0.15) is 0 Å². The van der Waals surface area contributed by atoms with E-state index in [9.17, 15) is 24.8 Å². The van der Waals surface area contributed by atoms with Crippen molar-refractivity contribution in [3.8, 4) is 0 Å². The van der Waals surface area contributed by atoms with Crippen LogP contribution in [0.4, 0.5) is 11.4 Å². The van der Waals surface area contributed by atoms with Crippen molar-refractivity contribution in [2.45, 2.75) is 12.3 Å². The first kappa shape index (κ1) is 15.7. The Bertz CT molecular complexity index is 652. The summed E-state index contributed by atoms with van der Waals surface area (Å²) in [7, 11) is -1.57. The van der Waals surface area contributed by atoms with E-state index < -0.39 is 17.6 Å². The summed E-state index contributed by atoms with van der Waals surface area (Å²) >= 11 is 0. The number of benzene rings is 2. The van der Waals surface area contributed by atoms with E-state index in [0.29, 0.717) is 12.3 Å². The molecule has 2 aromatic rings. The highest BCUT2D eigenvalue weighted by atomic mass is 31.1. The number of nitro benzene ring substituents is 2. The van der Waals surface area contributed by atoms with E-state index in [4.69, 9.17) is 0 Å². The van der Waals surface area contributed by atoms with Crippen LogP contribution in [0.15, 0.2) is 48.5 Å². The van der Waals surface area contributed by atoms with Crippen LogP contribution in [0.25, 0.3) is 0 Å². The Hall–Kier alpha value is -2.66. The fourth-order valence-corrected chi connectivity index (χ4v) is 3.26. The summed E-state index contributed by atoms with van der Waals surface area (Å²) in [6.07, 6.45) is 0.620. The molecule has 0 aromatic heterocycles. The molecule has 0 aliphatic rings. The monoisotopic (exact) mass is 319 g/mol. The number of hydrogen-bond donors (Lipinski definition) is 0. The van der Waals surface area contributed by atoms with Crippen LogP contribution >= 0.6 is 7.80 Å². The average Bonchev–Trinajstić information content (AvgIpc) is 2.48. The molecular formula is C14H12N2O5P+. The summed E-state index contributed by atoms with van der Waals surface area (Å²) in [5, 5.41) is 21.1. The zero-order valence-corrected chi connectivity index (χ0v) is 12.3. The van der Waals surface area contributed by atoms with E-state index in [1.165, 1.54) is 24.3 Å². The normalized spacial score (nSPS) is 10.2. The topological polar surface area (TPSA) is 103 Å². The lowest BCUT2D eigenvalue weighted by molar-refractivity contribution is -0.385. The number of nitrogens with zero attached hydrogens (tertiary/aromatic N) is 2. The van der Waals surface area contributed by atoms with E-state index in [-0.39, 0.29) is 11.4 Å². The van der Waals surface area contributed by atoms with E-state index in [1.54, 1.807) is 24.3 Å². The fraction of sp³-hybridized carbons (Fsp3) is 0.143. The van der Waals surface area contributed by atoms with Crippen molar-refractivity contribution in [2.75, 3.05) is 0 Å². The lowest BCUT2D eigenvalue weighted by Crippen LogP contribution is -1.90. The zero-order chi connectivity index (χ0) is 16.1. The predicted molar refractivity (Wildman–Crippen MR) is 81.2 cm³/mol. The van der Waals surface area contributed by atoms with E-state index in [0.717, 1.165) is 11.1 Å². The van der Waals surface area contributed by atoms with E-state index >= 15 is 0 Å². The second-order valence-corrected chi connectivity index (χ2v) is 6.24. The molecule has 22 heavy (non-hydrogen) atoms. The van der Waals surface area contributed by atoms with Crippen LogP contribution in [0.3, 0.4) is 0 Å². The van der Waals surface area contributed by atoms with Crippen LogP contribution in [0.2, 0.25) is 0 Å². The largest absolute Gasteiger partial charge is 0.348 e. The first-order chi connectivity index (χ1) is 10.5. The minimum absolute atomic E-state index is 0.00524. The van der Waals surface area contributed by atoms with Gasteiger partial charge in [-0.25, -0.2) is 0 Å². The second-order valence-electron chi connectivity index (χ2n) is 4.65. The molecule has 0 heterocycles. The van der Waals surface area contributed by atoms with Gasteiger partial charge >= 0.3 is 7.80 Å². The van der Waals surface area contributed by atoms with Gasteiger partial charge in [0.15, 0.2) is 12.3 Å². The quantitative estimate of drug-likeness (QED) is 0.454. The van der Waals surface area contributed by atoms with Crippen LogP contribution in [-0.2, 0) is 16.9 Å². The van der Waals surface area contributed by atoms with Gasteiger partial charge in [-0.3, -0.25) is 20.2 Å². The Morgan fingerprint density at radius 2 is 1.05 bits per heavy atom. The molecule has 2 aromatic carbocycles. The summed E-state index contributed by atoms with van der Waals surface area (Å²) in [6, 6.07) is 11.9. The number of nitro groups is 2. The first-order valence-corrected chi connectivity index (χ1v) is 7.97. The lowest BCUT2D eigenvalue weighted by Gasteiger charge is -1.96. The van der Waals surface area contributed by atoms with Gasteiger partial charge in [0, 0.05) is 35.4 Å². The van der Waals surface area contributed by atoms with Crippen LogP contribution in [0.5, 0.6) is 0 Å². The molecule has 0 radical (unpaired) electrons. The molecule has 0 aliphatic heterocycles. The lowest BCUT2D eigenvalue weighted by atomic mass is 10.2. The maximum absolute atomic E-state index is 12.1. The third kappa shape index (κ3) is 4.17. The predicted octanol–water partition coefficient (Wildman–Crippen LogP) is 4.03. The van der Waals surface area contributed by atoms with Gasteiger partial charge in [0.05, 0.1) is 9.85 Å². The first-order valence-electron chi connectivity index (χ1n) is 6.34. The van der Waals surface area contributed by atoms with Crippen molar-refractivity contribution in [1.82, 2.24) is 0 Å². The number of rotatable bonds is 6. The number of hydrogen-bond acceptors (Lipinski definition) is 5. The average molecular weight is 319 g/mol. The standard InChI is InChI=1S/C14H12N2O5P/c17-15(18)13-5-1-11(2-6-13)9-22(21)10-12-3-7-14(8-4-12)16(19)20/h1-8H,9-10H2/q+1. The van der Waals surface area contributed by atoms with Crippen molar-refractivity contribution < 1.29 is 14.4 Å². The summed E-state index contributed by atoms with van der Waals surface area (Å²) in [4.78, 5) is 20.1. The van der Waals surface area contributed by atoms with Gasteiger partial charge in [-0.15, -0.1) is 0 Å². The molecule has 0 fully saturated rings. The SMILES string of the molecule is O=[N+]([O-])c1ccc(C[P+](=O)Cc2ccc([N+](=O)[O-])cc2)cc1. The molecule has 0 bridgehead atoms. The minimum atomic E-state index is -1.57. The van der Waals surface area contributed by atoms with E-state index in [1.807, 2.05) is 0 Å². The Morgan fingerprint density at radius 1 is 0.727 bits per heavy atom. The van der Waals surface area contributed by atoms with Crippen LogP contribution in [0, 0.1) is 20.2 Å². The van der Waals surface area contributed by atoms with Gasteiger partial charge < -0.3 is 0 Å². The molecule has 0 unspecified atom stereocenters. The van der Waals surface area contributed by atoms with Crippen molar-refractivity contribution >= 4 is 19.2 Å². The van der Waals surface area contributed by atoms with Crippen LogP contribution in [0.1, 0.15) is 11.1 Å². The second kappa shape index (κ2) is 6.87. The highest BCUT2D eigenvalue weighted by Gasteiger charge is 2.18. The van der Waals surface area contributed by atoms with Crippen LogP contribution < -0.4 is 0 Å². The molecular weight excluding hydrogens is 307 g/mol. The molecule has 8 heteroatoms.